The van der Waals surface area contributed by atoms with E-state index in [1.807, 2.05) is 61.3 Å². The van der Waals surface area contributed by atoms with Gasteiger partial charge in [-0.15, -0.1) is 0 Å². The zero-order chi connectivity index (χ0) is 25.2. The third kappa shape index (κ3) is 4.66. The summed E-state index contributed by atoms with van der Waals surface area (Å²) in [4.78, 5) is 31.0. The van der Waals surface area contributed by atoms with E-state index in [9.17, 15) is 14.7 Å². The fraction of sp³-hybridized carbons (Fsp3) is 0.393. The number of fused-ring (bicyclic) bond motifs is 2. The fourth-order valence-corrected chi connectivity index (χ4v) is 5.37. The Morgan fingerprint density at radius 3 is 2.56 bits per heavy atom. The van der Waals surface area contributed by atoms with Gasteiger partial charge in [0.05, 0.1) is 25.2 Å². The summed E-state index contributed by atoms with van der Waals surface area (Å²) in [6, 6.07) is 17.7. The van der Waals surface area contributed by atoms with Crippen LogP contribution in [-0.2, 0) is 37.3 Å². The quantitative estimate of drug-likeness (QED) is 0.557. The average Bonchev–Trinajstić information content (AvgIpc) is 3.26. The van der Waals surface area contributed by atoms with Crippen molar-refractivity contribution in [3.63, 3.8) is 0 Å². The third-order valence-electron chi connectivity index (χ3n) is 7.39. The van der Waals surface area contributed by atoms with Crippen molar-refractivity contribution in [1.82, 2.24) is 24.9 Å². The van der Waals surface area contributed by atoms with Crippen LogP contribution in [0.25, 0.3) is 0 Å². The number of rotatable bonds is 6. The van der Waals surface area contributed by atoms with Crippen LogP contribution in [0.3, 0.4) is 0 Å². The highest BCUT2D eigenvalue weighted by Gasteiger charge is 2.36. The molecular weight excluding hydrogens is 454 g/mol. The molecule has 188 valence electrons. The van der Waals surface area contributed by atoms with Gasteiger partial charge in [0.25, 0.3) is 5.91 Å². The Hall–Kier alpha value is -3.49. The van der Waals surface area contributed by atoms with Crippen molar-refractivity contribution in [2.24, 2.45) is 0 Å². The van der Waals surface area contributed by atoms with E-state index in [0.717, 1.165) is 23.4 Å². The molecule has 2 amide bonds. The maximum Gasteiger partial charge on any atom is 0.272 e. The van der Waals surface area contributed by atoms with Crippen LogP contribution in [0.2, 0.25) is 0 Å². The second-order valence-electron chi connectivity index (χ2n) is 9.74. The molecule has 36 heavy (non-hydrogen) atoms. The molecule has 0 aliphatic carbocycles. The molecule has 2 aromatic carbocycles. The van der Waals surface area contributed by atoms with Gasteiger partial charge in [0.1, 0.15) is 0 Å². The van der Waals surface area contributed by atoms with Crippen molar-refractivity contribution in [2.75, 3.05) is 20.2 Å². The predicted octanol–water partition coefficient (Wildman–Crippen LogP) is 2.31. The van der Waals surface area contributed by atoms with Crippen molar-refractivity contribution >= 4 is 11.8 Å². The minimum atomic E-state index is -0.266. The monoisotopic (exact) mass is 487 g/mol. The molecule has 2 atom stereocenters. The summed E-state index contributed by atoms with van der Waals surface area (Å²) < 4.78 is 1.72. The number of nitrogens with one attached hydrogen (secondary N) is 1. The summed E-state index contributed by atoms with van der Waals surface area (Å²) in [5.41, 5.74) is 5.53. The largest absolute Gasteiger partial charge is 0.394 e. The van der Waals surface area contributed by atoms with Crippen molar-refractivity contribution < 1.29 is 14.7 Å². The van der Waals surface area contributed by atoms with Gasteiger partial charge in [-0.3, -0.25) is 19.2 Å². The summed E-state index contributed by atoms with van der Waals surface area (Å²) in [5, 5.41) is 17.2. The second-order valence-corrected chi connectivity index (χ2v) is 9.74. The molecule has 2 aliphatic rings. The number of aliphatic hydroxyl groups excluding tert-OH is 1. The Balaban J connectivity index is 1.37. The molecular formula is C28H33N5O3. The number of aliphatic hydroxyl groups is 1. The molecule has 3 heterocycles. The van der Waals surface area contributed by atoms with E-state index in [4.69, 9.17) is 0 Å². The van der Waals surface area contributed by atoms with Gasteiger partial charge in [0.15, 0.2) is 5.69 Å². The van der Waals surface area contributed by atoms with Crippen molar-refractivity contribution in [3.05, 3.63) is 88.2 Å². The lowest BCUT2D eigenvalue weighted by molar-refractivity contribution is -0.138. The van der Waals surface area contributed by atoms with Gasteiger partial charge in [-0.1, -0.05) is 54.6 Å². The van der Waals surface area contributed by atoms with E-state index in [1.165, 1.54) is 11.1 Å². The summed E-state index contributed by atoms with van der Waals surface area (Å²) >= 11 is 0. The molecule has 3 aromatic rings. The summed E-state index contributed by atoms with van der Waals surface area (Å²) in [7, 11) is 2.00. The van der Waals surface area contributed by atoms with Crippen molar-refractivity contribution in [2.45, 2.75) is 51.5 Å². The third-order valence-corrected chi connectivity index (χ3v) is 7.39. The average molecular weight is 488 g/mol. The first kappa shape index (κ1) is 24.2. The number of aromatic nitrogens is 2. The van der Waals surface area contributed by atoms with Crippen LogP contribution in [0.4, 0.5) is 0 Å². The molecule has 2 N–H and O–H groups in total. The zero-order valence-electron chi connectivity index (χ0n) is 20.9. The Labute approximate surface area is 211 Å². The lowest BCUT2D eigenvalue weighted by atomic mass is 9.93. The molecule has 2 unspecified atom stereocenters. The molecule has 0 fully saturated rings. The number of carbonyl (C=O) groups is 2. The van der Waals surface area contributed by atoms with Gasteiger partial charge in [0.2, 0.25) is 5.91 Å². The van der Waals surface area contributed by atoms with Gasteiger partial charge in [-0.05, 0) is 37.1 Å². The van der Waals surface area contributed by atoms with Gasteiger partial charge < -0.3 is 15.3 Å². The van der Waals surface area contributed by atoms with Crippen LogP contribution in [-0.4, -0.2) is 62.7 Å². The lowest BCUT2D eigenvalue weighted by Gasteiger charge is -2.37. The summed E-state index contributed by atoms with van der Waals surface area (Å²) in [5.74, 6) is -0.186. The normalized spacial score (nSPS) is 18.3. The van der Waals surface area contributed by atoms with E-state index >= 15 is 0 Å². The smallest absolute Gasteiger partial charge is 0.272 e. The molecule has 8 heteroatoms. The zero-order valence-corrected chi connectivity index (χ0v) is 20.9. The van der Waals surface area contributed by atoms with Crippen molar-refractivity contribution in [1.29, 1.82) is 0 Å². The number of benzene rings is 2. The predicted molar refractivity (Wildman–Crippen MR) is 136 cm³/mol. The maximum atomic E-state index is 13.7. The molecule has 0 spiro atoms. The van der Waals surface area contributed by atoms with E-state index < -0.39 is 0 Å². The van der Waals surface area contributed by atoms with Crippen LogP contribution in [0.5, 0.6) is 0 Å². The second kappa shape index (κ2) is 10.2. The summed E-state index contributed by atoms with van der Waals surface area (Å²) in [6.07, 6.45) is 1.28. The number of nitrogens with zero attached hydrogens (tertiary/aromatic N) is 4. The van der Waals surface area contributed by atoms with Gasteiger partial charge in [0, 0.05) is 37.3 Å². The highest BCUT2D eigenvalue weighted by molar-refractivity contribution is 5.94. The molecule has 5 rings (SSSR count). The van der Waals surface area contributed by atoms with Crippen LogP contribution in [0, 0.1) is 0 Å². The van der Waals surface area contributed by atoms with Crippen LogP contribution in [0.15, 0.2) is 54.6 Å². The Bertz CT molecular complexity index is 1260. The van der Waals surface area contributed by atoms with Gasteiger partial charge in [-0.25, -0.2) is 0 Å². The SMILES string of the molecule is CC(NC(=O)c1nn(CCO)c2c1CN(C(=O)C1Cc3ccccc3CN1C)CC2)c1ccccc1. The Morgan fingerprint density at radius 2 is 1.81 bits per heavy atom. The number of amides is 2. The van der Waals surface area contributed by atoms with Crippen LogP contribution in [0.1, 0.15) is 51.4 Å². The Kier molecular flexibility index (Phi) is 6.89. The summed E-state index contributed by atoms with van der Waals surface area (Å²) in [6.45, 7) is 3.84. The van der Waals surface area contributed by atoms with Gasteiger partial charge >= 0.3 is 0 Å². The molecule has 0 saturated heterocycles. The highest BCUT2D eigenvalue weighted by Crippen LogP contribution is 2.28. The molecule has 0 saturated carbocycles. The first-order valence-electron chi connectivity index (χ1n) is 12.6. The molecule has 0 radical (unpaired) electrons. The maximum absolute atomic E-state index is 13.7. The van der Waals surface area contributed by atoms with E-state index in [0.29, 0.717) is 38.2 Å². The molecule has 0 bridgehead atoms. The topological polar surface area (TPSA) is 90.7 Å². The number of likely N-dealkylation sites (N-methyl/N-ethyl adjacent to an activating group) is 1. The number of hydrogen-bond donors (Lipinski definition) is 2. The first-order valence-corrected chi connectivity index (χ1v) is 12.6. The standard InChI is InChI=1S/C28H33N5O3/c1-19(20-8-4-3-5-9-20)29-27(35)26-23-18-32(13-12-24(23)33(30-26)14-15-34)28(36)25-16-21-10-6-7-11-22(21)17-31(25)2/h3-11,19,25,34H,12-18H2,1-2H3,(H,29,35). The van der Waals surface area contributed by atoms with Crippen LogP contribution < -0.4 is 5.32 Å². The van der Waals surface area contributed by atoms with Crippen molar-refractivity contribution in [3.8, 4) is 0 Å². The highest BCUT2D eigenvalue weighted by atomic mass is 16.3. The molecule has 2 aliphatic heterocycles. The van der Waals surface area contributed by atoms with E-state index in [-0.39, 0.29) is 30.5 Å². The van der Waals surface area contributed by atoms with E-state index in [2.05, 4.69) is 27.4 Å². The molecule has 8 nitrogen and oxygen atoms in total. The van der Waals surface area contributed by atoms with Crippen LogP contribution >= 0.6 is 0 Å². The number of carbonyl (C=O) groups excluding carboxylic acids is 2. The molecule has 1 aromatic heterocycles. The van der Waals surface area contributed by atoms with Gasteiger partial charge in [-0.2, -0.15) is 5.10 Å². The Morgan fingerprint density at radius 1 is 1.08 bits per heavy atom. The van der Waals surface area contributed by atoms with E-state index in [1.54, 1.807) is 4.68 Å². The minimum absolute atomic E-state index is 0.0650. The lowest BCUT2D eigenvalue weighted by Crippen LogP contribution is -2.51. The fourth-order valence-electron chi connectivity index (χ4n) is 5.37. The first-order chi connectivity index (χ1) is 17.5. The minimum Gasteiger partial charge on any atom is -0.394 e. The number of hydrogen-bond acceptors (Lipinski definition) is 5.